The van der Waals surface area contributed by atoms with Gasteiger partial charge in [0.05, 0.1) is 25.2 Å². The fourth-order valence-electron chi connectivity index (χ4n) is 5.87. The molecule has 44 heavy (non-hydrogen) atoms. The molecule has 0 bridgehead atoms. The minimum absolute atomic E-state index is 0.112. The first-order valence-electron chi connectivity index (χ1n) is 15.0. The van der Waals surface area contributed by atoms with Crippen molar-refractivity contribution in [2.24, 2.45) is 0 Å². The van der Waals surface area contributed by atoms with Gasteiger partial charge in [-0.2, -0.15) is 60.0 Å². The minimum Gasteiger partial charge on any atom is -0.184 e. The summed E-state index contributed by atoms with van der Waals surface area (Å²) >= 11 is 0. The number of nitrogens with zero attached hydrogens (tertiary/aromatic N) is 12. The zero-order chi connectivity index (χ0) is 29.3. The Hall–Kier alpha value is -5.52. The van der Waals surface area contributed by atoms with E-state index in [0.29, 0.717) is 13.1 Å². The van der Waals surface area contributed by atoms with Crippen molar-refractivity contribution in [1.82, 2.24) is 60.0 Å². The van der Waals surface area contributed by atoms with Crippen molar-refractivity contribution in [2.45, 2.75) is 50.9 Å². The molecule has 0 radical (unpaired) electrons. The number of hydrogen-bond acceptors (Lipinski definition) is 8. The molecule has 4 aromatic carbocycles. The molecule has 8 aromatic rings. The number of aromatic nitrogens is 12. The summed E-state index contributed by atoms with van der Waals surface area (Å²) in [6, 6.07) is 31.6. The van der Waals surface area contributed by atoms with Crippen LogP contribution in [-0.2, 0) is 13.1 Å². The van der Waals surface area contributed by atoms with Gasteiger partial charge in [0.25, 0.3) is 0 Å². The molecular weight excluding hydrogens is 552 g/mol. The van der Waals surface area contributed by atoms with Crippen LogP contribution in [0.2, 0.25) is 0 Å². The van der Waals surface area contributed by atoms with Crippen LogP contribution in [0.15, 0.2) is 97.1 Å². The van der Waals surface area contributed by atoms with Gasteiger partial charge >= 0.3 is 0 Å². The summed E-state index contributed by atoms with van der Waals surface area (Å²) in [5, 5.41) is 38.4. The first-order valence-corrected chi connectivity index (χ1v) is 15.0. The van der Waals surface area contributed by atoms with Gasteiger partial charge in [-0.25, -0.2) is 0 Å². The van der Waals surface area contributed by atoms with E-state index in [1.807, 2.05) is 107 Å². The number of aryl methyl sites for hydroxylation is 2. The number of benzene rings is 4. The highest BCUT2D eigenvalue weighted by Gasteiger charge is 2.29. The van der Waals surface area contributed by atoms with E-state index in [-0.39, 0.29) is 12.1 Å². The maximum absolute atomic E-state index is 4.94. The molecule has 12 heteroatoms. The SMILES string of the molecule is c1ccc2nn(CCCC(C(CCCn3nc4ccccc4n3)n3nc4ccccc4n3)n3nc4ccccc4n3)nc2c1. The van der Waals surface area contributed by atoms with E-state index >= 15 is 0 Å². The molecule has 0 aliphatic rings. The van der Waals surface area contributed by atoms with Gasteiger partial charge in [-0.3, -0.25) is 0 Å². The van der Waals surface area contributed by atoms with Gasteiger partial charge in [0, 0.05) is 0 Å². The molecule has 218 valence electrons. The van der Waals surface area contributed by atoms with E-state index in [1.165, 1.54) is 0 Å². The number of fused-ring (bicyclic) bond motifs is 4. The summed E-state index contributed by atoms with van der Waals surface area (Å²) in [4.78, 5) is 7.32. The third-order valence-electron chi connectivity index (χ3n) is 8.01. The van der Waals surface area contributed by atoms with Crippen molar-refractivity contribution >= 4 is 44.1 Å². The molecule has 0 saturated carbocycles. The van der Waals surface area contributed by atoms with Crippen molar-refractivity contribution in [3.8, 4) is 0 Å². The molecule has 0 aliphatic heterocycles. The summed E-state index contributed by atoms with van der Waals surface area (Å²) < 4.78 is 0. The van der Waals surface area contributed by atoms with E-state index < -0.39 is 0 Å². The van der Waals surface area contributed by atoms with Crippen molar-refractivity contribution in [1.29, 1.82) is 0 Å². The maximum Gasteiger partial charge on any atom is 0.113 e. The third-order valence-corrected chi connectivity index (χ3v) is 8.01. The predicted molar refractivity (Wildman–Crippen MR) is 167 cm³/mol. The second-order valence-electron chi connectivity index (χ2n) is 11.0. The molecular formula is C32H30N12. The van der Waals surface area contributed by atoms with Crippen molar-refractivity contribution in [3.05, 3.63) is 97.1 Å². The Morgan fingerprint density at radius 3 is 0.886 bits per heavy atom. The van der Waals surface area contributed by atoms with Crippen LogP contribution in [-0.4, -0.2) is 60.0 Å². The fourth-order valence-corrected chi connectivity index (χ4v) is 5.87. The highest BCUT2D eigenvalue weighted by Crippen LogP contribution is 2.32. The van der Waals surface area contributed by atoms with Gasteiger partial charge in [-0.15, -0.1) is 0 Å². The van der Waals surface area contributed by atoms with E-state index in [0.717, 1.165) is 69.8 Å². The lowest BCUT2D eigenvalue weighted by atomic mass is 9.99. The summed E-state index contributed by atoms with van der Waals surface area (Å²) in [6.07, 6.45) is 3.22. The quantitative estimate of drug-likeness (QED) is 0.198. The van der Waals surface area contributed by atoms with Crippen LogP contribution in [0, 0.1) is 0 Å². The Morgan fingerprint density at radius 2 is 0.614 bits per heavy atom. The molecule has 0 amide bonds. The second-order valence-corrected chi connectivity index (χ2v) is 11.0. The Balaban J connectivity index is 1.11. The average molecular weight is 583 g/mol. The van der Waals surface area contributed by atoms with Gasteiger partial charge in [0.15, 0.2) is 0 Å². The molecule has 4 heterocycles. The lowest BCUT2D eigenvalue weighted by Crippen LogP contribution is -2.27. The van der Waals surface area contributed by atoms with Crippen molar-refractivity contribution in [3.63, 3.8) is 0 Å². The molecule has 4 aromatic heterocycles. The van der Waals surface area contributed by atoms with Gasteiger partial charge in [-0.1, -0.05) is 48.5 Å². The molecule has 2 unspecified atom stereocenters. The van der Waals surface area contributed by atoms with Gasteiger partial charge in [0.1, 0.15) is 44.1 Å². The number of rotatable bonds is 11. The van der Waals surface area contributed by atoms with E-state index in [2.05, 4.69) is 20.4 Å². The van der Waals surface area contributed by atoms with E-state index in [9.17, 15) is 0 Å². The summed E-state index contributed by atoms with van der Waals surface area (Å²) in [6.45, 7) is 1.36. The van der Waals surface area contributed by atoms with Crippen LogP contribution in [0.4, 0.5) is 0 Å². The molecule has 0 spiro atoms. The minimum atomic E-state index is -0.112. The highest BCUT2D eigenvalue weighted by molar-refractivity contribution is 5.74. The normalized spacial score (nSPS) is 13.4. The Bertz CT molecular complexity index is 1900. The standard InChI is InChI=1S/C32H30N12/c1-2-12-24-23(11-1)33-41(34-24)21-9-19-31(43-37-27-15-5-6-16-28(27)38-43)32(44-39-29-17-7-8-18-30(29)40-44)20-10-22-42-35-25-13-3-4-14-26(25)36-42/h1-8,11-18,31-32H,9-10,19-22H2. The zero-order valence-electron chi connectivity index (χ0n) is 24.0. The third kappa shape index (κ3) is 5.14. The van der Waals surface area contributed by atoms with Crippen LogP contribution in [0.5, 0.6) is 0 Å². The number of hydrogen-bond donors (Lipinski definition) is 0. The largest absolute Gasteiger partial charge is 0.184 e. The smallest absolute Gasteiger partial charge is 0.113 e. The predicted octanol–water partition coefficient (Wildman–Crippen LogP) is 5.41. The molecule has 2 atom stereocenters. The van der Waals surface area contributed by atoms with E-state index in [4.69, 9.17) is 20.4 Å². The Kier molecular flexibility index (Phi) is 6.70. The lowest BCUT2D eigenvalue weighted by molar-refractivity contribution is 0.207. The first kappa shape index (κ1) is 26.1. The molecule has 8 rings (SSSR count). The van der Waals surface area contributed by atoms with Crippen LogP contribution in [0.25, 0.3) is 44.1 Å². The lowest BCUT2D eigenvalue weighted by Gasteiger charge is -2.26. The maximum atomic E-state index is 4.94. The van der Waals surface area contributed by atoms with E-state index in [1.54, 1.807) is 9.59 Å². The van der Waals surface area contributed by atoms with Crippen LogP contribution in [0.3, 0.4) is 0 Å². The summed E-state index contributed by atoms with van der Waals surface area (Å²) in [7, 11) is 0. The molecule has 0 saturated heterocycles. The van der Waals surface area contributed by atoms with Crippen LogP contribution >= 0.6 is 0 Å². The summed E-state index contributed by atoms with van der Waals surface area (Å²) in [5.41, 5.74) is 7.04. The Morgan fingerprint density at radius 1 is 0.364 bits per heavy atom. The fraction of sp³-hybridized carbons (Fsp3) is 0.250. The van der Waals surface area contributed by atoms with Crippen molar-refractivity contribution < 1.29 is 0 Å². The van der Waals surface area contributed by atoms with Crippen LogP contribution in [0.1, 0.15) is 37.8 Å². The zero-order valence-corrected chi connectivity index (χ0v) is 24.0. The monoisotopic (exact) mass is 582 g/mol. The molecule has 12 nitrogen and oxygen atoms in total. The molecule has 0 N–H and O–H groups in total. The van der Waals surface area contributed by atoms with Gasteiger partial charge in [-0.05, 0) is 74.2 Å². The van der Waals surface area contributed by atoms with Crippen molar-refractivity contribution in [2.75, 3.05) is 0 Å². The van der Waals surface area contributed by atoms with Crippen LogP contribution < -0.4 is 0 Å². The first-order chi connectivity index (χ1) is 21.8. The topological polar surface area (TPSA) is 123 Å². The highest BCUT2D eigenvalue weighted by atomic mass is 15.5. The second kappa shape index (κ2) is 11.3. The molecule has 0 fully saturated rings. The Labute approximate surface area is 251 Å². The molecule has 0 aliphatic carbocycles. The van der Waals surface area contributed by atoms with Gasteiger partial charge in [0.2, 0.25) is 0 Å². The van der Waals surface area contributed by atoms with Gasteiger partial charge < -0.3 is 0 Å². The average Bonchev–Trinajstić information content (AvgIpc) is 3.85. The summed E-state index contributed by atoms with van der Waals surface area (Å²) in [5.74, 6) is 0.